The van der Waals surface area contributed by atoms with E-state index in [1.54, 1.807) is 11.1 Å². The average Bonchev–Trinajstić information content (AvgIpc) is 2.73. The molecule has 1 nitrogen and oxygen atoms in total. The van der Waals surface area contributed by atoms with E-state index in [9.17, 15) is 5.11 Å². The highest BCUT2D eigenvalue weighted by molar-refractivity contribution is 5.35. The Morgan fingerprint density at radius 1 is 1.14 bits per heavy atom. The van der Waals surface area contributed by atoms with Crippen molar-refractivity contribution in [3.63, 3.8) is 0 Å². The minimum atomic E-state index is 0.421. The maximum atomic E-state index is 9.35. The number of aliphatic hydroxyl groups is 1. The minimum Gasteiger partial charge on any atom is -0.396 e. The van der Waals surface area contributed by atoms with Gasteiger partial charge in [0, 0.05) is 12.0 Å². The molecule has 1 aromatic carbocycles. The van der Waals surface area contributed by atoms with Gasteiger partial charge in [-0.2, -0.15) is 0 Å². The van der Waals surface area contributed by atoms with E-state index in [-0.39, 0.29) is 0 Å². The van der Waals surface area contributed by atoms with Crippen LogP contribution in [0.5, 0.6) is 0 Å². The summed E-state index contributed by atoms with van der Waals surface area (Å²) in [4.78, 5) is 0. The Balaban J connectivity index is 0.000000114. The van der Waals surface area contributed by atoms with E-state index in [0.717, 1.165) is 41.4 Å². The highest BCUT2D eigenvalue weighted by Gasteiger charge is 2.80. The molecule has 0 saturated heterocycles. The molecule has 1 aromatic rings. The quantitative estimate of drug-likeness (QED) is 0.809. The van der Waals surface area contributed by atoms with E-state index in [1.165, 1.54) is 12.8 Å². The van der Waals surface area contributed by atoms with Gasteiger partial charge in [0.1, 0.15) is 0 Å². The number of hydrogen-bond donors (Lipinski definition) is 1. The topological polar surface area (TPSA) is 20.2 Å². The Bertz CT molecular complexity index is 575. The molecular weight excluding hydrogens is 268 g/mol. The van der Waals surface area contributed by atoms with Crippen molar-refractivity contribution in [2.75, 3.05) is 6.61 Å². The lowest BCUT2D eigenvalue weighted by Gasteiger charge is -2.16. The van der Waals surface area contributed by atoms with Gasteiger partial charge in [0.2, 0.25) is 0 Å². The number of rotatable bonds is 1. The lowest BCUT2D eigenvalue weighted by molar-refractivity contribution is 0.167. The van der Waals surface area contributed by atoms with E-state index < -0.39 is 0 Å². The number of aliphatic hydroxyl groups excluding tert-OH is 1. The SMILES string of the molecule is CC1C2CC3C1C3(CO)C2C.CC1Cc2ccccc2C1C. The van der Waals surface area contributed by atoms with E-state index >= 15 is 0 Å². The van der Waals surface area contributed by atoms with Crippen molar-refractivity contribution in [2.45, 2.75) is 46.5 Å². The largest absolute Gasteiger partial charge is 0.396 e. The van der Waals surface area contributed by atoms with Crippen LogP contribution >= 0.6 is 0 Å². The Morgan fingerprint density at radius 2 is 1.86 bits per heavy atom. The predicted octanol–water partition coefficient (Wildman–Crippen LogP) is 4.50. The highest BCUT2D eigenvalue weighted by Crippen LogP contribution is 2.83. The lowest BCUT2D eigenvalue weighted by atomic mass is 9.90. The Kier molecular flexibility index (Phi) is 3.24. The fraction of sp³-hybridized carbons (Fsp3) is 0.714. The fourth-order valence-corrected chi connectivity index (χ4v) is 6.63. The van der Waals surface area contributed by atoms with Gasteiger partial charge in [-0.05, 0) is 65.4 Å². The van der Waals surface area contributed by atoms with Crippen LogP contribution in [0.15, 0.2) is 24.3 Å². The van der Waals surface area contributed by atoms with Crippen LogP contribution in [0.1, 0.15) is 51.2 Å². The molecule has 8 unspecified atom stereocenters. The van der Waals surface area contributed by atoms with Crippen LogP contribution in [0.25, 0.3) is 0 Å². The van der Waals surface area contributed by atoms with Crippen molar-refractivity contribution >= 4 is 0 Å². The minimum absolute atomic E-state index is 0.421. The summed E-state index contributed by atoms with van der Waals surface area (Å²) in [6, 6.07) is 8.82. The van der Waals surface area contributed by atoms with E-state index in [4.69, 9.17) is 0 Å². The number of fused-ring (bicyclic) bond motifs is 1. The summed E-state index contributed by atoms with van der Waals surface area (Å²) < 4.78 is 0. The van der Waals surface area contributed by atoms with Crippen LogP contribution in [0.4, 0.5) is 0 Å². The van der Waals surface area contributed by atoms with E-state index in [0.29, 0.717) is 12.0 Å². The zero-order chi connectivity index (χ0) is 15.6. The molecule has 6 rings (SSSR count). The molecule has 1 N–H and O–H groups in total. The van der Waals surface area contributed by atoms with Gasteiger partial charge >= 0.3 is 0 Å². The van der Waals surface area contributed by atoms with Gasteiger partial charge in [0.25, 0.3) is 0 Å². The van der Waals surface area contributed by atoms with Gasteiger partial charge in [-0.25, -0.2) is 0 Å². The first-order valence-corrected chi connectivity index (χ1v) is 9.21. The molecule has 0 spiro atoms. The normalized spacial score (nSPS) is 49.6. The van der Waals surface area contributed by atoms with Gasteiger partial charge in [-0.3, -0.25) is 0 Å². The van der Waals surface area contributed by atoms with Gasteiger partial charge in [-0.1, -0.05) is 52.0 Å². The first kappa shape index (κ1) is 14.8. The van der Waals surface area contributed by atoms with Gasteiger partial charge in [-0.15, -0.1) is 0 Å². The summed E-state index contributed by atoms with van der Waals surface area (Å²) in [5.74, 6) is 6.13. The maximum absolute atomic E-state index is 9.35. The maximum Gasteiger partial charge on any atom is 0.0495 e. The molecule has 5 aliphatic rings. The molecule has 4 saturated carbocycles. The highest BCUT2D eigenvalue weighted by atomic mass is 16.3. The fourth-order valence-electron chi connectivity index (χ4n) is 6.63. The Labute approximate surface area is 135 Å². The standard InChI is InChI=1S/C11H14.C10H16O/c1-8-7-10-5-3-4-6-11(10)9(8)2;1-5-7-3-8-9(5)10(8,4-11)6(7)2/h3-6,8-9H,7H2,1-2H3;5-9,11H,3-4H2,1-2H3. The van der Waals surface area contributed by atoms with Crippen molar-refractivity contribution in [2.24, 2.45) is 40.9 Å². The third kappa shape index (κ3) is 1.69. The summed E-state index contributed by atoms with van der Waals surface area (Å²) >= 11 is 0. The van der Waals surface area contributed by atoms with Crippen molar-refractivity contribution in [3.05, 3.63) is 35.4 Å². The molecule has 0 aliphatic heterocycles. The molecule has 4 bridgehead atoms. The second-order valence-corrected chi connectivity index (χ2v) is 8.62. The van der Waals surface area contributed by atoms with Crippen LogP contribution in [-0.2, 0) is 6.42 Å². The third-order valence-electron chi connectivity index (χ3n) is 8.11. The zero-order valence-electron chi connectivity index (χ0n) is 14.4. The molecule has 8 atom stereocenters. The smallest absolute Gasteiger partial charge is 0.0495 e. The van der Waals surface area contributed by atoms with Crippen LogP contribution in [0.2, 0.25) is 0 Å². The molecule has 0 amide bonds. The van der Waals surface area contributed by atoms with E-state index in [2.05, 4.69) is 52.0 Å². The summed E-state index contributed by atoms with van der Waals surface area (Å²) in [6.45, 7) is 9.87. The van der Waals surface area contributed by atoms with Crippen LogP contribution < -0.4 is 0 Å². The van der Waals surface area contributed by atoms with Crippen molar-refractivity contribution < 1.29 is 5.11 Å². The van der Waals surface area contributed by atoms with Gasteiger partial charge in [0.15, 0.2) is 0 Å². The molecule has 22 heavy (non-hydrogen) atoms. The molecule has 0 heterocycles. The molecule has 120 valence electrons. The second-order valence-electron chi connectivity index (χ2n) is 8.62. The summed E-state index contributed by atoms with van der Waals surface area (Å²) in [6.07, 6.45) is 2.70. The number of hydrogen-bond acceptors (Lipinski definition) is 1. The van der Waals surface area contributed by atoms with Crippen LogP contribution in [0, 0.1) is 40.9 Å². The molecule has 5 aliphatic carbocycles. The Morgan fingerprint density at radius 3 is 2.32 bits per heavy atom. The first-order valence-electron chi connectivity index (χ1n) is 9.21. The molecular formula is C21H30O. The Hall–Kier alpha value is -0.820. The van der Waals surface area contributed by atoms with Crippen molar-refractivity contribution in [1.82, 2.24) is 0 Å². The van der Waals surface area contributed by atoms with Crippen LogP contribution in [0.3, 0.4) is 0 Å². The lowest BCUT2D eigenvalue weighted by Crippen LogP contribution is -2.15. The monoisotopic (exact) mass is 298 g/mol. The van der Waals surface area contributed by atoms with Gasteiger partial charge in [0.05, 0.1) is 0 Å². The third-order valence-corrected chi connectivity index (χ3v) is 8.11. The molecule has 4 fully saturated rings. The first-order chi connectivity index (χ1) is 10.5. The number of benzene rings is 1. The predicted molar refractivity (Wildman–Crippen MR) is 90.7 cm³/mol. The van der Waals surface area contributed by atoms with E-state index in [1.807, 2.05) is 0 Å². The van der Waals surface area contributed by atoms with Gasteiger partial charge < -0.3 is 5.11 Å². The molecule has 0 aromatic heterocycles. The summed E-state index contributed by atoms with van der Waals surface area (Å²) in [7, 11) is 0. The average molecular weight is 298 g/mol. The molecule has 0 radical (unpaired) electrons. The summed E-state index contributed by atoms with van der Waals surface area (Å²) in [5, 5.41) is 9.35. The molecule has 1 heteroatoms. The second kappa shape index (κ2) is 4.84. The van der Waals surface area contributed by atoms with Crippen molar-refractivity contribution in [3.8, 4) is 0 Å². The zero-order valence-corrected chi connectivity index (χ0v) is 14.4. The van der Waals surface area contributed by atoms with Crippen LogP contribution in [-0.4, -0.2) is 11.7 Å². The van der Waals surface area contributed by atoms with Crippen molar-refractivity contribution in [1.29, 1.82) is 0 Å². The summed E-state index contributed by atoms with van der Waals surface area (Å²) in [5.41, 5.74) is 3.55.